The second kappa shape index (κ2) is 8.22. The third-order valence-electron chi connectivity index (χ3n) is 3.98. The largest absolute Gasteiger partial charge is 0.378 e. The van der Waals surface area contributed by atoms with E-state index in [0.717, 1.165) is 4.88 Å². The maximum Gasteiger partial charge on any atom is 0.294 e. The van der Waals surface area contributed by atoms with Crippen LogP contribution in [0.15, 0.2) is 45.4 Å². The van der Waals surface area contributed by atoms with Crippen molar-refractivity contribution in [3.05, 3.63) is 56.3 Å². The molecule has 0 atom stereocenters. The quantitative estimate of drug-likeness (QED) is 0.342. The molecular weight excluding hydrogens is 451 g/mol. The highest BCUT2D eigenvalue weighted by Crippen LogP contribution is 2.31. The summed E-state index contributed by atoms with van der Waals surface area (Å²) in [7, 11) is 0. The van der Waals surface area contributed by atoms with Crippen molar-refractivity contribution in [3.63, 3.8) is 0 Å². The molecule has 0 saturated heterocycles. The number of hydrazone groups is 1. The van der Waals surface area contributed by atoms with Gasteiger partial charge in [0.25, 0.3) is 5.91 Å². The predicted octanol–water partition coefficient (Wildman–Crippen LogP) is 3.42. The monoisotopic (exact) mass is 462 g/mol. The number of carbonyl (C=O) groups excluding carboxylic acids is 1. The summed E-state index contributed by atoms with van der Waals surface area (Å²) in [6, 6.07) is 8.60. The zero-order valence-corrected chi connectivity index (χ0v) is 17.5. The average Bonchev–Trinajstić information content (AvgIpc) is 3.48. The molecule has 4 rings (SSSR count). The maximum absolute atomic E-state index is 12.9. The van der Waals surface area contributed by atoms with E-state index >= 15 is 0 Å². The number of thiophene rings is 1. The summed E-state index contributed by atoms with van der Waals surface area (Å²) in [6.45, 7) is 1.78. The molecule has 0 fully saturated rings. The lowest BCUT2D eigenvalue weighted by Crippen LogP contribution is -2.20. The van der Waals surface area contributed by atoms with E-state index in [1.165, 1.54) is 16.0 Å². The zero-order chi connectivity index (χ0) is 21.3. The van der Waals surface area contributed by atoms with Crippen LogP contribution < -0.4 is 11.2 Å². The van der Waals surface area contributed by atoms with Crippen molar-refractivity contribution in [3.8, 4) is 17.1 Å². The molecule has 0 radical (unpaired) electrons. The van der Waals surface area contributed by atoms with Crippen molar-refractivity contribution in [2.24, 2.45) is 5.10 Å². The van der Waals surface area contributed by atoms with Gasteiger partial charge < -0.3 is 5.73 Å². The van der Waals surface area contributed by atoms with Crippen LogP contribution in [0.25, 0.3) is 17.1 Å². The number of nitrogens with two attached hydrogens (primary N) is 1. The van der Waals surface area contributed by atoms with Crippen LogP contribution in [0.4, 0.5) is 5.82 Å². The molecule has 3 N–H and O–H groups in total. The molecule has 0 aliphatic carbocycles. The van der Waals surface area contributed by atoms with Crippen molar-refractivity contribution in [1.29, 1.82) is 0 Å². The molecular formula is C17H12Cl2N8O2S. The number of aromatic nitrogens is 5. The van der Waals surface area contributed by atoms with Crippen LogP contribution in [0.2, 0.25) is 10.0 Å². The Morgan fingerprint density at radius 1 is 1.27 bits per heavy atom. The first kappa shape index (κ1) is 20.0. The smallest absolute Gasteiger partial charge is 0.294 e. The van der Waals surface area contributed by atoms with E-state index in [4.69, 9.17) is 28.9 Å². The van der Waals surface area contributed by atoms with Gasteiger partial charge in [0.2, 0.25) is 11.6 Å². The Bertz CT molecular complexity index is 1250. The lowest BCUT2D eigenvalue weighted by atomic mass is 10.1. The van der Waals surface area contributed by atoms with Crippen molar-refractivity contribution < 1.29 is 9.42 Å². The van der Waals surface area contributed by atoms with E-state index in [0.29, 0.717) is 16.3 Å². The summed E-state index contributed by atoms with van der Waals surface area (Å²) in [5.41, 5.74) is 9.65. The van der Waals surface area contributed by atoms with Crippen LogP contribution >= 0.6 is 34.5 Å². The Kier molecular flexibility index (Phi) is 5.48. The molecule has 0 spiro atoms. The Hall–Kier alpha value is -3.28. The lowest BCUT2D eigenvalue weighted by molar-refractivity contribution is 0.0950. The first-order chi connectivity index (χ1) is 14.5. The van der Waals surface area contributed by atoms with Crippen LogP contribution in [-0.4, -0.2) is 36.9 Å². The average molecular weight is 463 g/mol. The molecule has 0 unspecified atom stereocenters. The molecule has 10 nitrogen and oxygen atoms in total. The number of nitrogens with one attached hydrogen (secondary N) is 1. The normalized spacial score (nSPS) is 11.6. The Labute approximate surface area is 183 Å². The first-order valence-electron chi connectivity index (χ1n) is 8.33. The third-order valence-corrected chi connectivity index (χ3v) is 5.70. The topological polar surface area (TPSA) is 137 Å². The lowest BCUT2D eigenvalue weighted by Gasteiger charge is -2.07. The van der Waals surface area contributed by atoms with Crippen molar-refractivity contribution in [2.45, 2.75) is 6.92 Å². The van der Waals surface area contributed by atoms with Crippen molar-refractivity contribution >= 4 is 52.0 Å². The van der Waals surface area contributed by atoms with Crippen LogP contribution in [0.1, 0.15) is 22.3 Å². The molecule has 0 saturated carbocycles. The minimum atomic E-state index is -0.590. The highest BCUT2D eigenvalue weighted by molar-refractivity contribution is 7.12. The molecule has 0 aliphatic heterocycles. The fraction of sp³-hybridized carbons (Fsp3) is 0.0588. The fourth-order valence-corrected chi connectivity index (χ4v) is 3.53. The summed E-state index contributed by atoms with van der Waals surface area (Å²) >= 11 is 13.7. The molecule has 13 heteroatoms. The molecule has 3 aromatic heterocycles. The van der Waals surface area contributed by atoms with Crippen LogP contribution in [0.3, 0.4) is 0 Å². The summed E-state index contributed by atoms with van der Waals surface area (Å²) in [4.78, 5) is 13.8. The third kappa shape index (κ3) is 3.77. The van der Waals surface area contributed by atoms with Gasteiger partial charge in [-0.05, 0) is 40.8 Å². The molecule has 152 valence electrons. The number of carbonyl (C=O) groups is 1. The standard InChI is InChI=1S/C17H12Cl2N8O2S/c1-8(12-3-2-6-30-12)21-23-17(28)13-14(9-4-5-10(18)11(19)7-9)27(26-22-13)16-15(20)24-29-25-16/h2-7H,1H3,(H2,20,24)(H,23,28). The number of halogens is 2. The minimum absolute atomic E-state index is 0.0280. The van der Waals surface area contributed by atoms with Gasteiger partial charge in [-0.3, -0.25) is 4.79 Å². The molecule has 3 heterocycles. The fourth-order valence-electron chi connectivity index (χ4n) is 2.55. The number of hydrogen-bond donors (Lipinski definition) is 2. The van der Waals surface area contributed by atoms with Gasteiger partial charge in [0, 0.05) is 10.4 Å². The van der Waals surface area contributed by atoms with Gasteiger partial charge in [-0.1, -0.05) is 40.5 Å². The van der Waals surface area contributed by atoms with E-state index < -0.39 is 5.91 Å². The van der Waals surface area contributed by atoms with Crippen LogP contribution in [0, 0.1) is 0 Å². The van der Waals surface area contributed by atoms with Gasteiger partial charge in [0.05, 0.1) is 15.8 Å². The van der Waals surface area contributed by atoms with Crippen LogP contribution in [-0.2, 0) is 0 Å². The molecule has 1 aromatic carbocycles. The van der Waals surface area contributed by atoms with Crippen molar-refractivity contribution in [1.82, 2.24) is 30.7 Å². The van der Waals surface area contributed by atoms with Gasteiger partial charge in [0.15, 0.2) is 5.69 Å². The second-order valence-electron chi connectivity index (χ2n) is 5.92. The highest BCUT2D eigenvalue weighted by Gasteiger charge is 2.25. The molecule has 4 aromatic rings. The molecule has 1 amide bonds. The van der Waals surface area contributed by atoms with E-state index in [9.17, 15) is 4.79 Å². The summed E-state index contributed by atoms with van der Waals surface area (Å²) in [5.74, 6) is -0.547. The zero-order valence-electron chi connectivity index (χ0n) is 15.2. The summed E-state index contributed by atoms with van der Waals surface area (Å²) in [5, 5.41) is 21.9. The van der Waals surface area contributed by atoms with Gasteiger partial charge in [-0.15, -0.1) is 16.4 Å². The molecule has 30 heavy (non-hydrogen) atoms. The van der Waals surface area contributed by atoms with Gasteiger partial charge in [-0.25, -0.2) is 10.1 Å². The maximum atomic E-state index is 12.9. The highest BCUT2D eigenvalue weighted by atomic mass is 35.5. The number of nitrogen functional groups attached to an aromatic ring is 1. The van der Waals surface area contributed by atoms with Crippen molar-refractivity contribution in [2.75, 3.05) is 5.73 Å². The Morgan fingerprint density at radius 3 is 2.77 bits per heavy atom. The minimum Gasteiger partial charge on any atom is -0.378 e. The number of amides is 1. The van der Waals surface area contributed by atoms with E-state index in [1.54, 1.807) is 25.1 Å². The summed E-state index contributed by atoms with van der Waals surface area (Å²) in [6.07, 6.45) is 0. The summed E-state index contributed by atoms with van der Waals surface area (Å²) < 4.78 is 5.87. The number of hydrogen-bond acceptors (Lipinski definition) is 9. The second-order valence-corrected chi connectivity index (χ2v) is 7.68. The Balaban J connectivity index is 1.77. The SMILES string of the molecule is CC(=NNC(=O)c1nnn(-c2nonc2N)c1-c1ccc(Cl)c(Cl)c1)c1cccs1. The van der Waals surface area contributed by atoms with E-state index in [-0.39, 0.29) is 28.0 Å². The molecule has 0 aliphatic rings. The molecule has 0 bridgehead atoms. The van der Waals surface area contributed by atoms with Gasteiger partial charge in [0.1, 0.15) is 5.69 Å². The Morgan fingerprint density at radius 2 is 2.10 bits per heavy atom. The number of rotatable bonds is 5. The number of anilines is 1. The van der Waals surface area contributed by atoms with E-state index in [2.05, 4.69) is 35.8 Å². The van der Waals surface area contributed by atoms with Crippen LogP contribution in [0.5, 0.6) is 0 Å². The van der Waals surface area contributed by atoms with Gasteiger partial charge >= 0.3 is 0 Å². The predicted molar refractivity (Wildman–Crippen MR) is 113 cm³/mol. The number of nitrogens with zero attached hydrogens (tertiary/aromatic N) is 6. The van der Waals surface area contributed by atoms with Gasteiger partial charge in [-0.2, -0.15) is 9.78 Å². The van der Waals surface area contributed by atoms with E-state index in [1.807, 2.05) is 17.5 Å². The number of benzene rings is 1. The first-order valence-corrected chi connectivity index (χ1v) is 9.97.